The fourth-order valence-corrected chi connectivity index (χ4v) is 1.22. The highest BCUT2D eigenvalue weighted by Gasteiger charge is 2.14. The molecule has 0 saturated heterocycles. The van der Waals surface area contributed by atoms with Gasteiger partial charge in [0.25, 0.3) is 5.56 Å². The number of anilines is 1. The number of hydrogen-bond acceptors (Lipinski definition) is 5. The molecule has 1 aromatic rings. The molecule has 1 aromatic heterocycles. The van der Waals surface area contributed by atoms with E-state index in [4.69, 9.17) is 5.73 Å². The number of aromatic amines is 2. The molecule has 0 spiro atoms. The standard InChI is InChI=1S/C8H15N5O2/c1-5(3-4-9)13(2)6-7(14)10-8(15)12-11-6/h5H,3-4,9H2,1-2H3,(H2,10,12,14,15). The fourth-order valence-electron chi connectivity index (χ4n) is 1.22. The van der Waals surface area contributed by atoms with Gasteiger partial charge < -0.3 is 10.6 Å². The smallest absolute Gasteiger partial charge is 0.342 e. The summed E-state index contributed by atoms with van der Waals surface area (Å²) in [5, 5.41) is 5.87. The van der Waals surface area contributed by atoms with Gasteiger partial charge in [-0.05, 0) is 19.9 Å². The highest BCUT2D eigenvalue weighted by atomic mass is 16.2. The molecule has 4 N–H and O–H groups in total. The lowest BCUT2D eigenvalue weighted by atomic mass is 10.2. The van der Waals surface area contributed by atoms with Crippen molar-refractivity contribution in [1.29, 1.82) is 0 Å². The molecule has 0 aromatic carbocycles. The molecule has 0 fully saturated rings. The van der Waals surface area contributed by atoms with Crippen LogP contribution in [0, 0.1) is 0 Å². The molecule has 0 aliphatic rings. The largest absolute Gasteiger partial charge is 0.351 e. The molecular weight excluding hydrogens is 198 g/mol. The van der Waals surface area contributed by atoms with Crippen LogP contribution in [0.3, 0.4) is 0 Å². The third-order valence-electron chi connectivity index (χ3n) is 2.27. The molecule has 0 aliphatic heterocycles. The van der Waals surface area contributed by atoms with Crippen LogP contribution in [0.25, 0.3) is 0 Å². The second-order valence-corrected chi connectivity index (χ2v) is 3.37. The Balaban J connectivity index is 2.96. The second-order valence-electron chi connectivity index (χ2n) is 3.37. The van der Waals surface area contributed by atoms with Crippen molar-refractivity contribution in [3.63, 3.8) is 0 Å². The highest BCUT2D eigenvalue weighted by Crippen LogP contribution is 2.05. The van der Waals surface area contributed by atoms with E-state index >= 15 is 0 Å². The van der Waals surface area contributed by atoms with E-state index < -0.39 is 11.2 Å². The third-order valence-corrected chi connectivity index (χ3v) is 2.27. The zero-order valence-electron chi connectivity index (χ0n) is 8.78. The first-order valence-corrected chi connectivity index (χ1v) is 4.68. The predicted octanol–water partition coefficient (Wildman–Crippen LogP) is -1.37. The molecule has 1 unspecified atom stereocenters. The number of aromatic nitrogens is 3. The van der Waals surface area contributed by atoms with Crippen LogP contribution < -0.4 is 21.9 Å². The zero-order valence-corrected chi connectivity index (χ0v) is 8.78. The van der Waals surface area contributed by atoms with Gasteiger partial charge >= 0.3 is 5.69 Å². The summed E-state index contributed by atoms with van der Waals surface area (Å²) in [4.78, 5) is 25.9. The quantitative estimate of drug-likeness (QED) is 0.572. The van der Waals surface area contributed by atoms with E-state index in [1.54, 1.807) is 11.9 Å². The predicted molar refractivity (Wildman–Crippen MR) is 57.0 cm³/mol. The average Bonchev–Trinajstić information content (AvgIpc) is 2.17. The maximum absolute atomic E-state index is 11.4. The zero-order chi connectivity index (χ0) is 11.4. The molecule has 84 valence electrons. The molecule has 1 atom stereocenters. The van der Waals surface area contributed by atoms with Crippen molar-refractivity contribution in [3.05, 3.63) is 20.8 Å². The summed E-state index contributed by atoms with van der Waals surface area (Å²) in [6.07, 6.45) is 0.747. The van der Waals surface area contributed by atoms with Crippen LogP contribution in [-0.2, 0) is 0 Å². The summed E-state index contributed by atoms with van der Waals surface area (Å²) >= 11 is 0. The van der Waals surface area contributed by atoms with E-state index in [1.807, 2.05) is 6.92 Å². The van der Waals surface area contributed by atoms with Crippen LogP contribution in [0.4, 0.5) is 5.82 Å². The Morgan fingerprint density at radius 2 is 2.20 bits per heavy atom. The molecule has 0 saturated carbocycles. The topological polar surface area (TPSA) is 108 Å². The van der Waals surface area contributed by atoms with Gasteiger partial charge in [-0.15, -0.1) is 5.10 Å². The molecule has 0 amide bonds. The minimum atomic E-state index is -0.608. The Morgan fingerprint density at radius 3 is 2.73 bits per heavy atom. The van der Waals surface area contributed by atoms with E-state index in [2.05, 4.69) is 15.2 Å². The van der Waals surface area contributed by atoms with Gasteiger partial charge in [0.05, 0.1) is 0 Å². The Kier molecular flexibility index (Phi) is 3.62. The van der Waals surface area contributed by atoms with Gasteiger partial charge in [0.2, 0.25) is 5.82 Å². The Labute approximate surface area is 86.3 Å². The maximum atomic E-state index is 11.4. The molecule has 0 bridgehead atoms. The van der Waals surface area contributed by atoms with Gasteiger partial charge in [0.1, 0.15) is 0 Å². The minimum absolute atomic E-state index is 0.0921. The number of nitrogens with one attached hydrogen (secondary N) is 2. The molecule has 7 nitrogen and oxygen atoms in total. The minimum Gasteiger partial charge on any atom is -0.351 e. The van der Waals surface area contributed by atoms with Crippen LogP contribution in [0.5, 0.6) is 0 Å². The van der Waals surface area contributed by atoms with Crippen LogP contribution in [0.2, 0.25) is 0 Å². The van der Waals surface area contributed by atoms with Crippen molar-refractivity contribution in [1.82, 2.24) is 15.2 Å². The molecular formula is C8H15N5O2. The number of nitrogens with two attached hydrogens (primary N) is 1. The van der Waals surface area contributed by atoms with Crippen LogP contribution in [0.1, 0.15) is 13.3 Å². The van der Waals surface area contributed by atoms with E-state index in [1.165, 1.54) is 0 Å². The fraction of sp³-hybridized carbons (Fsp3) is 0.625. The van der Waals surface area contributed by atoms with E-state index in [0.717, 1.165) is 6.42 Å². The van der Waals surface area contributed by atoms with Crippen molar-refractivity contribution in [2.24, 2.45) is 5.73 Å². The van der Waals surface area contributed by atoms with E-state index in [0.29, 0.717) is 6.54 Å². The van der Waals surface area contributed by atoms with Gasteiger partial charge in [0.15, 0.2) is 0 Å². The van der Waals surface area contributed by atoms with Gasteiger partial charge in [-0.1, -0.05) is 0 Å². The summed E-state index contributed by atoms with van der Waals surface area (Å²) in [5.74, 6) is 0.190. The van der Waals surface area contributed by atoms with Crippen LogP contribution >= 0.6 is 0 Å². The van der Waals surface area contributed by atoms with Crippen LogP contribution in [0.15, 0.2) is 9.59 Å². The van der Waals surface area contributed by atoms with Gasteiger partial charge in [-0.2, -0.15) is 0 Å². The first kappa shape index (κ1) is 11.4. The van der Waals surface area contributed by atoms with E-state index in [9.17, 15) is 9.59 Å². The van der Waals surface area contributed by atoms with Crippen molar-refractivity contribution >= 4 is 5.82 Å². The summed E-state index contributed by atoms with van der Waals surface area (Å²) in [6, 6.07) is 0.0921. The lowest BCUT2D eigenvalue weighted by molar-refractivity contribution is 0.620. The first-order chi connectivity index (χ1) is 7.06. The van der Waals surface area contributed by atoms with Crippen molar-refractivity contribution in [2.75, 3.05) is 18.5 Å². The van der Waals surface area contributed by atoms with Crippen LogP contribution in [-0.4, -0.2) is 34.8 Å². The summed E-state index contributed by atoms with van der Waals surface area (Å²) in [6.45, 7) is 2.46. The van der Waals surface area contributed by atoms with Crippen molar-refractivity contribution in [3.8, 4) is 0 Å². The second kappa shape index (κ2) is 4.74. The Bertz CT molecular complexity index is 424. The average molecular weight is 213 g/mol. The van der Waals surface area contributed by atoms with Crippen molar-refractivity contribution in [2.45, 2.75) is 19.4 Å². The van der Waals surface area contributed by atoms with Gasteiger partial charge in [-0.25, -0.2) is 9.89 Å². The molecule has 15 heavy (non-hydrogen) atoms. The first-order valence-electron chi connectivity index (χ1n) is 4.68. The number of rotatable bonds is 4. The summed E-state index contributed by atoms with van der Waals surface area (Å²) in [5.41, 5.74) is 4.31. The highest BCUT2D eigenvalue weighted by molar-refractivity contribution is 5.33. The molecule has 1 heterocycles. The summed E-state index contributed by atoms with van der Waals surface area (Å²) < 4.78 is 0. The lowest BCUT2D eigenvalue weighted by Crippen LogP contribution is -2.38. The Morgan fingerprint density at radius 1 is 1.53 bits per heavy atom. The van der Waals surface area contributed by atoms with Crippen molar-refractivity contribution < 1.29 is 0 Å². The molecule has 1 rings (SSSR count). The summed E-state index contributed by atoms with van der Waals surface area (Å²) in [7, 11) is 1.73. The monoisotopic (exact) mass is 213 g/mol. The van der Waals surface area contributed by atoms with E-state index in [-0.39, 0.29) is 11.9 Å². The molecule has 7 heteroatoms. The maximum Gasteiger partial charge on any atom is 0.342 e. The normalized spacial score (nSPS) is 12.5. The molecule has 0 aliphatic carbocycles. The number of H-pyrrole nitrogens is 2. The number of nitrogens with zero attached hydrogens (tertiary/aromatic N) is 2. The third kappa shape index (κ3) is 2.66. The Hall–Kier alpha value is -1.63. The van der Waals surface area contributed by atoms with Gasteiger partial charge in [-0.3, -0.25) is 9.78 Å². The number of hydrogen-bond donors (Lipinski definition) is 3. The lowest BCUT2D eigenvalue weighted by Gasteiger charge is -2.23. The SMILES string of the molecule is CC(CCN)N(C)c1n[nH]c(=O)[nH]c1=O. The van der Waals surface area contributed by atoms with Gasteiger partial charge in [0, 0.05) is 13.1 Å². The molecule has 0 radical (unpaired) electrons.